The smallest absolute Gasteiger partial charge is 0.366 e. The number of aryl methyl sites for hydroxylation is 1. The van der Waals surface area contributed by atoms with Gasteiger partial charge in [-0.1, -0.05) is 36.4 Å². The first kappa shape index (κ1) is 20.5. The molecule has 4 nitrogen and oxygen atoms in total. The van der Waals surface area contributed by atoms with Crippen molar-refractivity contribution in [2.24, 2.45) is 0 Å². The highest BCUT2D eigenvalue weighted by Gasteiger charge is 2.30. The first-order chi connectivity index (χ1) is 14.3. The SMILES string of the molecule is Cc1nn(-c2ccccc2)c(C)c1N1CCN(Cc2cccc(C(F)(F)F)c2)CC1. The van der Waals surface area contributed by atoms with Gasteiger partial charge in [0.15, 0.2) is 0 Å². The number of anilines is 1. The van der Waals surface area contributed by atoms with Gasteiger partial charge >= 0.3 is 6.18 Å². The number of nitrogens with zero attached hydrogens (tertiary/aromatic N) is 4. The van der Waals surface area contributed by atoms with Gasteiger partial charge in [-0.15, -0.1) is 0 Å². The maximum Gasteiger partial charge on any atom is 0.416 e. The fraction of sp³-hybridized carbons (Fsp3) is 0.348. The molecule has 0 saturated carbocycles. The van der Waals surface area contributed by atoms with Crippen LogP contribution in [0, 0.1) is 13.8 Å². The fourth-order valence-corrected chi connectivity index (χ4v) is 4.15. The summed E-state index contributed by atoms with van der Waals surface area (Å²) < 4.78 is 40.8. The van der Waals surface area contributed by atoms with E-state index in [0.29, 0.717) is 12.1 Å². The van der Waals surface area contributed by atoms with Crippen LogP contribution in [0.5, 0.6) is 0 Å². The van der Waals surface area contributed by atoms with Crippen molar-refractivity contribution >= 4 is 5.69 Å². The van der Waals surface area contributed by atoms with Gasteiger partial charge < -0.3 is 4.90 Å². The summed E-state index contributed by atoms with van der Waals surface area (Å²) >= 11 is 0. The Morgan fingerprint density at radius 1 is 0.900 bits per heavy atom. The van der Waals surface area contributed by atoms with Crippen molar-refractivity contribution in [3.05, 3.63) is 77.1 Å². The van der Waals surface area contributed by atoms with Crippen molar-refractivity contribution in [2.45, 2.75) is 26.6 Å². The Bertz CT molecular complexity index is 1000. The van der Waals surface area contributed by atoms with Crippen molar-refractivity contribution in [3.63, 3.8) is 0 Å². The molecule has 0 aliphatic carbocycles. The lowest BCUT2D eigenvalue weighted by Gasteiger charge is -2.36. The van der Waals surface area contributed by atoms with Crippen LogP contribution in [0.2, 0.25) is 0 Å². The second-order valence-electron chi connectivity index (χ2n) is 7.73. The van der Waals surface area contributed by atoms with Crippen LogP contribution in [-0.2, 0) is 12.7 Å². The summed E-state index contributed by atoms with van der Waals surface area (Å²) in [6.07, 6.45) is -4.30. The van der Waals surface area contributed by atoms with Gasteiger partial charge in [0.1, 0.15) is 0 Å². The van der Waals surface area contributed by atoms with E-state index in [9.17, 15) is 13.2 Å². The number of aromatic nitrogens is 2. The van der Waals surface area contributed by atoms with E-state index in [0.717, 1.165) is 55.0 Å². The van der Waals surface area contributed by atoms with E-state index in [1.807, 2.05) is 41.9 Å². The third kappa shape index (κ3) is 4.21. The molecule has 1 aliphatic heterocycles. The number of halogens is 3. The number of hydrogen-bond acceptors (Lipinski definition) is 3. The van der Waals surface area contributed by atoms with Crippen LogP contribution in [0.15, 0.2) is 54.6 Å². The lowest BCUT2D eigenvalue weighted by molar-refractivity contribution is -0.137. The van der Waals surface area contributed by atoms with Gasteiger partial charge in [-0.25, -0.2) is 4.68 Å². The van der Waals surface area contributed by atoms with Crippen LogP contribution in [0.4, 0.5) is 18.9 Å². The largest absolute Gasteiger partial charge is 0.416 e. The fourth-order valence-electron chi connectivity index (χ4n) is 4.15. The van der Waals surface area contributed by atoms with Crippen LogP contribution in [-0.4, -0.2) is 40.9 Å². The molecule has 0 atom stereocenters. The number of alkyl halides is 3. The number of para-hydroxylation sites is 1. The van der Waals surface area contributed by atoms with E-state index < -0.39 is 11.7 Å². The zero-order chi connectivity index (χ0) is 21.3. The van der Waals surface area contributed by atoms with Crippen LogP contribution in [0.3, 0.4) is 0 Å². The maximum absolute atomic E-state index is 13.0. The standard InChI is InChI=1S/C23H25F3N4/c1-17-22(18(2)30(27-17)21-9-4-3-5-10-21)29-13-11-28(12-14-29)16-19-7-6-8-20(15-19)23(24,25)26/h3-10,15H,11-14,16H2,1-2H3. The molecule has 1 fully saturated rings. The van der Waals surface area contributed by atoms with Gasteiger partial charge in [-0.3, -0.25) is 4.90 Å². The topological polar surface area (TPSA) is 24.3 Å². The highest BCUT2D eigenvalue weighted by Crippen LogP contribution is 2.30. The Balaban J connectivity index is 1.44. The van der Waals surface area contributed by atoms with Crippen LogP contribution in [0.25, 0.3) is 5.69 Å². The Morgan fingerprint density at radius 3 is 2.27 bits per heavy atom. The zero-order valence-electron chi connectivity index (χ0n) is 17.2. The normalized spacial score (nSPS) is 15.6. The molecule has 0 unspecified atom stereocenters. The summed E-state index contributed by atoms with van der Waals surface area (Å²) in [5.41, 5.74) is 4.39. The van der Waals surface area contributed by atoms with Crippen molar-refractivity contribution in [2.75, 3.05) is 31.1 Å². The van der Waals surface area contributed by atoms with Gasteiger partial charge in [-0.2, -0.15) is 18.3 Å². The van der Waals surface area contributed by atoms with E-state index in [1.165, 1.54) is 12.1 Å². The molecule has 0 radical (unpaired) electrons. The van der Waals surface area contributed by atoms with Gasteiger partial charge in [0.25, 0.3) is 0 Å². The summed E-state index contributed by atoms with van der Waals surface area (Å²) in [6.45, 7) is 7.87. The Morgan fingerprint density at radius 2 is 1.60 bits per heavy atom. The zero-order valence-corrected chi connectivity index (χ0v) is 17.2. The van der Waals surface area contributed by atoms with E-state index in [4.69, 9.17) is 5.10 Å². The third-order valence-electron chi connectivity index (χ3n) is 5.60. The molecule has 7 heteroatoms. The molecule has 1 aromatic heterocycles. The number of rotatable bonds is 4. The lowest BCUT2D eigenvalue weighted by Crippen LogP contribution is -2.46. The van der Waals surface area contributed by atoms with Gasteiger partial charge in [0, 0.05) is 32.7 Å². The second-order valence-corrected chi connectivity index (χ2v) is 7.73. The molecule has 1 aliphatic rings. The molecular weight excluding hydrogens is 389 g/mol. The molecule has 30 heavy (non-hydrogen) atoms. The van der Waals surface area contributed by atoms with E-state index in [-0.39, 0.29) is 0 Å². The molecule has 2 heterocycles. The monoisotopic (exact) mass is 414 g/mol. The molecule has 0 amide bonds. The van der Waals surface area contributed by atoms with Crippen molar-refractivity contribution in [1.29, 1.82) is 0 Å². The average molecular weight is 414 g/mol. The van der Waals surface area contributed by atoms with Crippen LogP contribution in [0.1, 0.15) is 22.5 Å². The molecule has 0 N–H and O–H groups in total. The van der Waals surface area contributed by atoms with Crippen molar-refractivity contribution in [3.8, 4) is 5.69 Å². The summed E-state index contributed by atoms with van der Waals surface area (Å²) in [5.74, 6) is 0. The minimum absolute atomic E-state index is 0.527. The van der Waals surface area contributed by atoms with E-state index in [1.54, 1.807) is 6.07 Å². The van der Waals surface area contributed by atoms with Crippen LogP contribution < -0.4 is 4.90 Å². The predicted molar refractivity (Wildman–Crippen MR) is 112 cm³/mol. The Labute approximate surface area is 174 Å². The molecule has 0 spiro atoms. The number of hydrogen-bond donors (Lipinski definition) is 0. The minimum atomic E-state index is -4.30. The third-order valence-corrected chi connectivity index (χ3v) is 5.60. The van der Waals surface area contributed by atoms with Gasteiger partial charge in [0.2, 0.25) is 0 Å². The summed E-state index contributed by atoms with van der Waals surface area (Å²) in [5, 5.41) is 4.73. The highest BCUT2D eigenvalue weighted by molar-refractivity contribution is 5.57. The summed E-state index contributed by atoms with van der Waals surface area (Å²) in [4.78, 5) is 4.54. The summed E-state index contributed by atoms with van der Waals surface area (Å²) in [6, 6.07) is 15.7. The minimum Gasteiger partial charge on any atom is -0.366 e. The maximum atomic E-state index is 13.0. The Hall–Kier alpha value is -2.80. The second kappa shape index (κ2) is 8.14. The molecule has 4 rings (SSSR count). The van der Waals surface area contributed by atoms with Crippen molar-refractivity contribution in [1.82, 2.24) is 14.7 Å². The van der Waals surface area contributed by atoms with Crippen LogP contribution >= 0.6 is 0 Å². The quantitative estimate of drug-likeness (QED) is 0.611. The van der Waals surface area contributed by atoms with Crippen molar-refractivity contribution < 1.29 is 13.2 Å². The van der Waals surface area contributed by atoms with E-state index in [2.05, 4.69) is 16.7 Å². The molecule has 158 valence electrons. The first-order valence-electron chi connectivity index (χ1n) is 10.1. The first-order valence-corrected chi connectivity index (χ1v) is 10.1. The van der Waals surface area contributed by atoms with Gasteiger partial charge in [-0.05, 0) is 37.6 Å². The molecule has 2 aromatic carbocycles. The Kier molecular flexibility index (Phi) is 5.56. The molecule has 1 saturated heterocycles. The summed E-state index contributed by atoms with van der Waals surface area (Å²) in [7, 11) is 0. The van der Waals surface area contributed by atoms with E-state index >= 15 is 0 Å². The number of piperazine rings is 1. The molecular formula is C23H25F3N4. The highest BCUT2D eigenvalue weighted by atomic mass is 19.4. The lowest BCUT2D eigenvalue weighted by atomic mass is 10.1. The molecule has 0 bridgehead atoms. The number of benzene rings is 2. The predicted octanol–water partition coefficient (Wildman–Crippen LogP) is 4.83. The van der Waals surface area contributed by atoms with Gasteiger partial charge in [0.05, 0.1) is 28.3 Å². The molecule has 3 aromatic rings. The average Bonchev–Trinajstić information content (AvgIpc) is 3.03.